The number of amides is 1. The molecule has 1 saturated heterocycles. The van der Waals surface area contributed by atoms with E-state index in [1.54, 1.807) is 24.5 Å². The van der Waals surface area contributed by atoms with Crippen molar-refractivity contribution < 1.29 is 23.1 Å². The Morgan fingerprint density at radius 3 is 2.64 bits per heavy atom. The van der Waals surface area contributed by atoms with Gasteiger partial charge in [0.1, 0.15) is 12.2 Å². The fraction of sp³-hybridized carbons (Fsp3) is 0.483. The van der Waals surface area contributed by atoms with Crippen LogP contribution in [-0.4, -0.2) is 49.9 Å². The third kappa shape index (κ3) is 4.53. The van der Waals surface area contributed by atoms with E-state index in [9.17, 15) is 23.1 Å². The minimum absolute atomic E-state index is 0.0238. The number of piperidine rings is 1. The summed E-state index contributed by atoms with van der Waals surface area (Å²) in [4.78, 5) is 17.2. The Morgan fingerprint density at radius 2 is 1.97 bits per heavy atom. The lowest BCUT2D eigenvalue weighted by molar-refractivity contribution is -0.138. The highest BCUT2D eigenvalue weighted by Gasteiger charge is 2.50. The number of halogens is 3. The van der Waals surface area contributed by atoms with Crippen LogP contribution in [0.1, 0.15) is 71.0 Å². The van der Waals surface area contributed by atoms with Crippen LogP contribution in [0.5, 0.6) is 0 Å². The Kier molecular flexibility index (Phi) is 6.30. The number of alkyl halides is 3. The Balaban J connectivity index is 1.34. The molecule has 2 aliphatic heterocycles. The molecule has 1 aromatic heterocycles. The number of likely N-dealkylation sites (tertiary alicyclic amines) is 1. The molecule has 0 spiro atoms. The number of aliphatic hydroxyl groups is 1. The summed E-state index contributed by atoms with van der Waals surface area (Å²) >= 11 is 0. The molecule has 7 nitrogen and oxygen atoms in total. The fourth-order valence-corrected chi connectivity index (χ4v) is 6.69. The zero-order valence-electron chi connectivity index (χ0n) is 22.1. The van der Waals surface area contributed by atoms with Gasteiger partial charge in [-0.25, -0.2) is 0 Å². The first-order valence-electron chi connectivity index (χ1n) is 13.5. The summed E-state index contributed by atoms with van der Waals surface area (Å²) in [6.45, 7) is 4.09. The maximum atomic E-state index is 14.2. The van der Waals surface area contributed by atoms with Gasteiger partial charge >= 0.3 is 6.18 Å². The predicted octanol–water partition coefficient (Wildman–Crippen LogP) is 4.67. The van der Waals surface area contributed by atoms with Gasteiger partial charge in [0.25, 0.3) is 5.91 Å². The average molecular weight is 540 g/mol. The van der Waals surface area contributed by atoms with E-state index >= 15 is 0 Å². The number of nitrogens with zero attached hydrogens (tertiary/aromatic N) is 5. The van der Waals surface area contributed by atoms with Crippen molar-refractivity contribution in [2.75, 3.05) is 18.0 Å². The van der Waals surface area contributed by atoms with Gasteiger partial charge in [0.15, 0.2) is 0 Å². The van der Waals surface area contributed by atoms with Crippen molar-refractivity contribution in [3.8, 4) is 0 Å². The normalized spacial score (nSPS) is 25.6. The maximum Gasteiger partial charge on any atom is 0.416 e. The number of benzene rings is 2. The molecular weight excluding hydrogens is 507 g/mol. The second kappa shape index (κ2) is 9.45. The first-order valence-corrected chi connectivity index (χ1v) is 13.5. The second-order valence-electron chi connectivity index (χ2n) is 11.5. The number of hydrogen-bond acceptors (Lipinski definition) is 5. The molecule has 206 valence electrons. The van der Waals surface area contributed by atoms with Crippen LogP contribution in [0.25, 0.3) is 0 Å². The largest absolute Gasteiger partial charge is 0.416 e. The minimum atomic E-state index is -4.56. The van der Waals surface area contributed by atoms with Gasteiger partial charge < -0.3 is 14.6 Å². The number of aliphatic hydroxyl groups excluding tert-OH is 1. The number of carbonyl (C=O) groups excluding carboxylic acids is 1. The lowest BCUT2D eigenvalue weighted by Gasteiger charge is -2.45. The third-order valence-electron chi connectivity index (χ3n) is 8.57. The van der Waals surface area contributed by atoms with Crippen LogP contribution >= 0.6 is 0 Å². The molecule has 0 unspecified atom stereocenters. The van der Waals surface area contributed by atoms with Gasteiger partial charge in [-0.3, -0.25) is 9.69 Å². The summed E-state index contributed by atoms with van der Waals surface area (Å²) in [6.07, 6.45) is -0.398. The summed E-state index contributed by atoms with van der Waals surface area (Å²) in [5.41, 5.74) is 0.727. The molecule has 1 aliphatic carbocycles. The first kappa shape index (κ1) is 26.0. The smallest absolute Gasteiger partial charge is 0.393 e. The average Bonchev–Trinajstić information content (AvgIpc) is 3.44. The number of aryl methyl sites for hydroxylation is 1. The molecule has 1 N–H and O–H groups in total. The van der Waals surface area contributed by atoms with Crippen molar-refractivity contribution in [3.63, 3.8) is 0 Å². The molecule has 0 bridgehead atoms. The molecule has 1 atom stereocenters. The number of carbonyl (C=O) groups is 1. The minimum Gasteiger partial charge on any atom is -0.393 e. The molecular formula is C29H32F3N5O2. The summed E-state index contributed by atoms with van der Waals surface area (Å²) in [5, 5.41) is 18.5. The second-order valence-corrected chi connectivity index (χ2v) is 11.5. The van der Waals surface area contributed by atoms with Gasteiger partial charge in [-0.1, -0.05) is 19.1 Å². The van der Waals surface area contributed by atoms with Gasteiger partial charge in [0.05, 0.1) is 23.6 Å². The molecule has 2 aromatic carbocycles. The molecule has 6 rings (SSSR count). The van der Waals surface area contributed by atoms with Crippen LogP contribution < -0.4 is 4.90 Å². The van der Waals surface area contributed by atoms with Crippen LogP contribution in [0, 0.1) is 5.92 Å². The lowest BCUT2D eigenvalue weighted by Crippen LogP contribution is -2.47. The quantitative estimate of drug-likeness (QED) is 0.510. The fourth-order valence-electron chi connectivity index (χ4n) is 6.69. The van der Waals surface area contributed by atoms with Gasteiger partial charge in [-0.15, -0.1) is 10.2 Å². The lowest BCUT2D eigenvalue weighted by atomic mass is 9.62. The Labute approximate surface area is 225 Å². The Hall–Kier alpha value is -3.24. The number of aromatic nitrogens is 3. The molecule has 1 saturated carbocycles. The van der Waals surface area contributed by atoms with E-state index in [4.69, 9.17) is 0 Å². The van der Waals surface area contributed by atoms with Crippen molar-refractivity contribution in [3.05, 3.63) is 76.4 Å². The number of rotatable bonds is 5. The zero-order valence-corrected chi connectivity index (χ0v) is 22.1. The number of hydrogen-bond donors (Lipinski definition) is 1. The highest BCUT2D eigenvalue weighted by atomic mass is 19.4. The molecule has 3 aliphatic rings. The highest BCUT2D eigenvalue weighted by molar-refractivity contribution is 6.10. The molecule has 39 heavy (non-hydrogen) atoms. The molecule has 3 heterocycles. The van der Waals surface area contributed by atoms with E-state index < -0.39 is 29.2 Å². The van der Waals surface area contributed by atoms with Crippen LogP contribution in [0.2, 0.25) is 0 Å². The van der Waals surface area contributed by atoms with Crippen LogP contribution in [-0.2, 0) is 31.7 Å². The summed E-state index contributed by atoms with van der Waals surface area (Å²) in [7, 11) is 1.84. The van der Waals surface area contributed by atoms with Crippen LogP contribution in [0.15, 0.2) is 42.7 Å². The van der Waals surface area contributed by atoms with E-state index in [0.717, 1.165) is 31.5 Å². The van der Waals surface area contributed by atoms with Crippen molar-refractivity contribution in [2.45, 2.75) is 63.4 Å². The topological polar surface area (TPSA) is 74.5 Å². The first-order chi connectivity index (χ1) is 18.5. The maximum absolute atomic E-state index is 14.2. The van der Waals surface area contributed by atoms with E-state index in [1.165, 1.54) is 11.0 Å². The SMILES string of the molecule is C[C@H]1CCCN(Cc2cc3c(c(C(F)(F)F)c2)CN(c2cccc([C@]4(c5nncn5C)C[C@H](O)C4)c2)C3=O)C1. The van der Waals surface area contributed by atoms with E-state index in [-0.39, 0.29) is 17.7 Å². The van der Waals surface area contributed by atoms with Gasteiger partial charge in [-0.05, 0) is 79.1 Å². The van der Waals surface area contributed by atoms with E-state index in [1.807, 2.05) is 23.7 Å². The number of fused-ring (bicyclic) bond motifs is 1. The molecule has 2 fully saturated rings. The van der Waals surface area contributed by atoms with Gasteiger partial charge in [-0.2, -0.15) is 13.2 Å². The summed E-state index contributed by atoms with van der Waals surface area (Å²) in [5.74, 6) is 0.779. The van der Waals surface area contributed by atoms with Crippen molar-refractivity contribution in [2.24, 2.45) is 13.0 Å². The standard InChI is InChI=1S/C29H32F3N5O2/c1-18-5-4-8-36(14-18)15-19-9-23-24(25(10-19)29(30,31)32)16-37(26(23)39)21-7-3-6-20(11-21)28(12-22(38)13-28)27-34-33-17-35(27)2/h3,6-7,9-11,17-18,22,38H,4-5,8,12-16H2,1-2H3/t18-,22-,28-/m0/s1. The number of anilines is 1. The van der Waals surface area contributed by atoms with Crippen LogP contribution in [0.3, 0.4) is 0 Å². The molecule has 10 heteroatoms. The van der Waals surface area contributed by atoms with Crippen LogP contribution in [0.4, 0.5) is 18.9 Å². The highest BCUT2D eigenvalue weighted by Crippen LogP contribution is 2.49. The van der Waals surface area contributed by atoms with E-state index in [0.29, 0.717) is 42.4 Å². The van der Waals surface area contributed by atoms with Crippen molar-refractivity contribution >= 4 is 11.6 Å². The van der Waals surface area contributed by atoms with Gasteiger partial charge in [0, 0.05) is 31.4 Å². The monoisotopic (exact) mass is 539 g/mol. The summed E-state index contributed by atoms with van der Waals surface area (Å²) in [6, 6.07) is 10.2. The Bertz CT molecular complexity index is 1410. The van der Waals surface area contributed by atoms with E-state index in [2.05, 4.69) is 22.0 Å². The molecule has 0 radical (unpaired) electrons. The molecule has 1 amide bonds. The zero-order chi connectivity index (χ0) is 27.5. The predicted molar refractivity (Wildman–Crippen MR) is 139 cm³/mol. The third-order valence-corrected chi connectivity index (χ3v) is 8.57. The molecule has 3 aromatic rings. The van der Waals surface area contributed by atoms with Crippen molar-refractivity contribution in [1.82, 2.24) is 19.7 Å². The summed E-state index contributed by atoms with van der Waals surface area (Å²) < 4.78 is 44.5. The Morgan fingerprint density at radius 1 is 1.18 bits per heavy atom. The van der Waals surface area contributed by atoms with Crippen molar-refractivity contribution in [1.29, 1.82) is 0 Å². The van der Waals surface area contributed by atoms with Gasteiger partial charge in [0.2, 0.25) is 0 Å².